The number of hydrogen-bond donors (Lipinski definition) is 2. The minimum Gasteiger partial charge on any atom is -0.454 e. The average Bonchev–Trinajstić information content (AvgIpc) is 3.24. The molecule has 3 aromatic rings. The number of Topliss-reactive ketones (excluding diaryl/α,β-unsaturated/α-hetero) is 1. The number of para-hydroxylation sites is 2. The maximum Gasteiger partial charge on any atom is 0.416 e. The summed E-state index contributed by atoms with van der Waals surface area (Å²) in [6.07, 6.45) is -3.56. The topological polar surface area (TPSA) is 59.6 Å². The number of rotatable bonds is 2. The van der Waals surface area contributed by atoms with E-state index in [0.717, 1.165) is 34.8 Å². The monoisotopic (exact) mass is 478 g/mol. The van der Waals surface area contributed by atoms with Crippen molar-refractivity contribution in [1.29, 1.82) is 0 Å². The predicted octanol–water partition coefficient (Wildman–Crippen LogP) is 6.41. The summed E-state index contributed by atoms with van der Waals surface area (Å²) in [5, 5.41) is 6.83. The van der Waals surface area contributed by atoms with E-state index >= 15 is 0 Å². The summed E-state index contributed by atoms with van der Waals surface area (Å²) in [7, 11) is 0. The van der Waals surface area contributed by atoms with Crippen LogP contribution in [-0.4, -0.2) is 12.6 Å². The first-order chi connectivity index (χ1) is 16.9. The molecule has 5 nitrogen and oxygen atoms in total. The molecule has 2 aliphatic heterocycles. The number of alkyl halides is 3. The van der Waals surface area contributed by atoms with Crippen molar-refractivity contribution in [2.24, 2.45) is 0 Å². The predicted molar refractivity (Wildman–Crippen MR) is 124 cm³/mol. The van der Waals surface area contributed by atoms with Crippen LogP contribution >= 0.6 is 0 Å². The lowest BCUT2D eigenvalue weighted by Crippen LogP contribution is -2.27. The quantitative estimate of drug-likeness (QED) is 0.446. The van der Waals surface area contributed by atoms with E-state index in [2.05, 4.69) is 10.6 Å². The minimum absolute atomic E-state index is 0.0494. The standard InChI is InChI=1S/C27H21F3N2O3/c28-27(29,30)18-8-5-15(6-9-18)26-25-21(31-19-3-1-2-4-20(19)32-26)11-17(12-22(25)33)16-7-10-23-24(13-16)35-14-34-23/h1-10,13,17,26,31-32H,11-12,14H2/t17-,26+/m1/s1. The average molecular weight is 478 g/mol. The van der Waals surface area contributed by atoms with Crippen LogP contribution in [-0.2, 0) is 11.0 Å². The van der Waals surface area contributed by atoms with Crippen LogP contribution in [0.4, 0.5) is 24.5 Å². The zero-order valence-electron chi connectivity index (χ0n) is 18.5. The molecule has 0 saturated carbocycles. The van der Waals surface area contributed by atoms with E-state index in [1.54, 1.807) is 0 Å². The van der Waals surface area contributed by atoms with E-state index < -0.39 is 17.8 Å². The van der Waals surface area contributed by atoms with Crippen LogP contribution in [0.1, 0.15) is 41.5 Å². The van der Waals surface area contributed by atoms with Gasteiger partial charge >= 0.3 is 6.18 Å². The van der Waals surface area contributed by atoms with Gasteiger partial charge in [0.15, 0.2) is 17.3 Å². The Balaban J connectivity index is 1.40. The van der Waals surface area contributed by atoms with Gasteiger partial charge in [-0.25, -0.2) is 0 Å². The Bertz CT molecular complexity index is 1350. The summed E-state index contributed by atoms with van der Waals surface area (Å²) in [6.45, 7) is 0.177. The van der Waals surface area contributed by atoms with Gasteiger partial charge in [-0.05, 0) is 59.9 Å². The van der Waals surface area contributed by atoms with Gasteiger partial charge in [-0.3, -0.25) is 4.79 Å². The van der Waals surface area contributed by atoms with Gasteiger partial charge < -0.3 is 20.1 Å². The lowest BCUT2D eigenvalue weighted by Gasteiger charge is -2.30. The molecule has 2 N–H and O–H groups in total. The molecule has 6 rings (SSSR count). The Hall–Kier alpha value is -3.94. The Kier molecular flexibility index (Phi) is 4.98. The molecular weight excluding hydrogens is 457 g/mol. The van der Waals surface area contributed by atoms with E-state index in [0.29, 0.717) is 29.1 Å². The molecule has 0 saturated heterocycles. The fourth-order valence-corrected chi connectivity index (χ4v) is 5.01. The molecule has 178 valence electrons. The molecule has 8 heteroatoms. The fourth-order valence-electron chi connectivity index (χ4n) is 5.01. The first-order valence-corrected chi connectivity index (χ1v) is 11.3. The molecule has 0 unspecified atom stereocenters. The summed E-state index contributed by atoms with van der Waals surface area (Å²) < 4.78 is 50.3. The molecular formula is C27H21F3N2O3. The van der Waals surface area contributed by atoms with E-state index in [-0.39, 0.29) is 24.9 Å². The number of fused-ring (bicyclic) bond motifs is 2. The van der Waals surface area contributed by atoms with Gasteiger partial charge in [-0.15, -0.1) is 0 Å². The summed E-state index contributed by atoms with van der Waals surface area (Å²) in [4.78, 5) is 13.6. The van der Waals surface area contributed by atoms with Crippen LogP contribution in [0.25, 0.3) is 0 Å². The molecule has 3 aromatic carbocycles. The second-order valence-corrected chi connectivity index (χ2v) is 8.90. The molecule has 1 aliphatic carbocycles. The van der Waals surface area contributed by atoms with E-state index in [1.807, 2.05) is 42.5 Å². The summed E-state index contributed by atoms with van der Waals surface area (Å²) in [5.74, 6) is 1.23. The normalized spacial score (nSPS) is 20.9. The highest BCUT2D eigenvalue weighted by Gasteiger charge is 2.37. The van der Waals surface area contributed by atoms with Crippen molar-refractivity contribution in [3.8, 4) is 11.5 Å². The second-order valence-electron chi connectivity index (χ2n) is 8.90. The zero-order chi connectivity index (χ0) is 24.2. The van der Waals surface area contributed by atoms with Crippen molar-refractivity contribution in [2.75, 3.05) is 17.4 Å². The fraction of sp³-hybridized carbons (Fsp3) is 0.222. The number of hydrogen-bond acceptors (Lipinski definition) is 5. The first kappa shape index (κ1) is 21.6. The summed E-state index contributed by atoms with van der Waals surface area (Å²) >= 11 is 0. The highest BCUT2D eigenvalue weighted by Crippen LogP contribution is 2.46. The Morgan fingerprint density at radius 1 is 0.829 bits per heavy atom. The first-order valence-electron chi connectivity index (χ1n) is 11.3. The van der Waals surface area contributed by atoms with Crippen LogP contribution in [0.2, 0.25) is 0 Å². The second kappa shape index (κ2) is 8.08. The van der Waals surface area contributed by atoms with E-state index in [1.165, 1.54) is 12.1 Å². The SMILES string of the molecule is O=C1C[C@H](c2ccc3c(c2)OCO3)CC2=C1[C@H](c1ccc(C(F)(F)F)cc1)Nc1ccccc1N2. The summed E-state index contributed by atoms with van der Waals surface area (Å²) in [5.41, 5.74) is 3.77. The van der Waals surface area contributed by atoms with Crippen LogP contribution in [0.3, 0.4) is 0 Å². The number of ether oxygens (including phenoxy) is 2. The molecule has 0 fully saturated rings. The van der Waals surface area contributed by atoms with Gasteiger partial charge in [0.25, 0.3) is 0 Å². The Morgan fingerprint density at radius 3 is 2.31 bits per heavy atom. The van der Waals surface area contributed by atoms with Gasteiger partial charge in [0.1, 0.15) is 0 Å². The van der Waals surface area contributed by atoms with Crippen molar-refractivity contribution >= 4 is 17.2 Å². The number of benzene rings is 3. The van der Waals surface area contributed by atoms with Crippen molar-refractivity contribution in [3.63, 3.8) is 0 Å². The number of nitrogens with one attached hydrogen (secondary N) is 2. The van der Waals surface area contributed by atoms with Crippen LogP contribution in [0.5, 0.6) is 11.5 Å². The highest BCUT2D eigenvalue weighted by atomic mass is 19.4. The minimum atomic E-state index is -4.42. The zero-order valence-corrected chi connectivity index (χ0v) is 18.5. The number of allylic oxidation sites excluding steroid dienone is 1. The van der Waals surface area contributed by atoms with Crippen molar-refractivity contribution in [3.05, 3.63) is 94.7 Å². The third-order valence-corrected chi connectivity index (χ3v) is 6.75. The van der Waals surface area contributed by atoms with Crippen LogP contribution in [0.15, 0.2) is 78.0 Å². The lowest BCUT2D eigenvalue weighted by atomic mass is 9.78. The van der Waals surface area contributed by atoms with Crippen molar-refractivity contribution in [1.82, 2.24) is 0 Å². The molecule has 0 amide bonds. The van der Waals surface area contributed by atoms with Gasteiger partial charge in [-0.2, -0.15) is 13.2 Å². The third-order valence-electron chi connectivity index (χ3n) is 6.75. The number of halogens is 3. The third kappa shape index (κ3) is 3.88. The molecule has 3 aliphatic rings. The van der Waals surface area contributed by atoms with E-state index in [4.69, 9.17) is 9.47 Å². The van der Waals surface area contributed by atoms with Crippen LogP contribution in [0, 0.1) is 0 Å². The smallest absolute Gasteiger partial charge is 0.416 e. The number of carbonyl (C=O) groups excluding carboxylic acids is 1. The molecule has 0 aromatic heterocycles. The lowest BCUT2D eigenvalue weighted by molar-refractivity contribution is -0.137. The molecule has 2 atom stereocenters. The van der Waals surface area contributed by atoms with Gasteiger partial charge in [-0.1, -0.05) is 30.3 Å². The Morgan fingerprint density at radius 2 is 1.54 bits per heavy atom. The maximum atomic E-state index is 13.6. The van der Waals surface area contributed by atoms with Gasteiger partial charge in [0, 0.05) is 17.7 Å². The molecule has 0 radical (unpaired) electrons. The van der Waals surface area contributed by atoms with Crippen molar-refractivity contribution in [2.45, 2.75) is 31.0 Å². The molecule has 0 bridgehead atoms. The van der Waals surface area contributed by atoms with Crippen molar-refractivity contribution < 1.29 is 27.4 Å². The number of carbonyl (C=O) groups is 1. The Labute approximate surface area is 199 Å². The number of ketones is 1. The molecule has 35 heavy (non-hydrogen) atoms. The largest absolute Gasteiger partial charge is 0.454 e. The van der Waals surface area contributed by atoms with Gasteiger partial charge in [0.05, 0.1) is 23.0 Å². The molecule has 0 spiro atoms. The highest BCUT2D eigenvalue weighted by molar-refractivity contribution is 6.01. The van der Waals surface area contributed by atoms with Gasteiger partial charge in [0.2, 0.25) is 6.79 Å². The summed E-state index contributed by atoms with van der Waals surface area (Å²) in [6, 6.07) is 17.7. The molecule has 2 heterocycles. The maximum absolute atomic E-state index is 13.6. The van der Waals surface area contributed by atoms with E-state index in [9.17, 15) is 18.0 Å². The number of anilines is 2. The van der Waals surface area contributed by atoms with Crippen LogP contribution < -0.4 is 20.1 Å².